The van der Waals surface area contributed by atoms with Gasteiger partial charge in [-0.25, -0.2) is 0 Å². The van der Waals surface area contributed by atoms with Crippen LogP contribution in [0.4, 0.5) is 22.6 Å². The van der Waals surface area contributed by atoms with Crippen molar-refractivity contribution in [2.75, 3.05) is 0 Å². The molecule has 0 bridgehead atoms. The van der Waals surface area contributed by atoms with E-state index < -0.39 is 19.5 Å². The number of rotatable bonds is 0. The molecule has 17 heavy (non-hydrogen) atoms. The molecule has 0 saturated carbocycles. The van der Waals surface area contributed by atoms with Gasteiger partial charge in [0.1, 0.15) is 5.02 Å². The SMILES string of the molecule is N#[N+]c1cc(Cl)ccc1Cl.[F][Sb-]([F])([F])([F])([F])[F]. The second kappa shape index (κ2) is 4.38. The quantitative estimate of drug-likeness (QED) is 0.310. The zero-order chi connectivity index (χ0) is 14.0. The Morgan fingerprint density at radius 2 is 1.41 bits per heavy atom. The second-order valence-electron chi connectivity index (χ2n) is 2.65. The molecular formula is C6H3Cl2F6N2Sb. The first-order valence-corrected chi connectivity index (χ1v) is 10.1. The standard InChI is InChI=1S/C6H3Cl2N2.6FH.Sb/c7-4-1-2-5(8)6(3-4)10-9;;;;;;;/h1-3H;6*1H;/q+1;;;;;;;+5/p-6. The maximum absolute atomic E-state index is 11.2. The summed E-state index contributed by atoms with van der Waals surface area (Å²) < 4.78 is 59.6. The molecular weight excluding hydrogens is 407 g/mol. The fraction of sp³-hybridized carbons (Fsp3) is 0. The summed E-state index contributed by atoms with van der Waals surface area (Å²) in [6.07, 6.45) is 0. The van der Waals surface area contributed by atoms with Crippen molar-refractivity contribution in [2.45, 2.75) is 0 Å². The molecule has 0 aromatic heterocycles. The minimum atomic E-state index is -11.2. The summed E-state index contributed by atoms with van der Waals surface area (Å²) in [4.78, 5) is 2.91. The molecule has 2 nitrogen and oxygen atoms in total. The van der Waals surface area contributed by atoms with Crippen LogP contribution in [-0.4, -0.2) is 19.5 Å². The molecule has 1 aromatic rings. The molecule has 11 heteroatoms. The molecule has 1 aromatic carbocycles. The van der Waals surface area contributed by atoms with Crippen LogP contribution < -0.4 is 0 Å². The Labute approximate surface area is 104 Å². The van der Waals surface area contributed by atoms with E-state index in [0.717, 1.165) is 0 Å². The van der Waals surface area contributed by atoms with E-state index in [0.29, 0.717) is 10.0 Å². The van der Waals surface area contributed by atoms with E-state index in [1.54, 1.807) is 12.1 Å². The van der Waals surface area contributed by atoms with Gasteiger partial charge in [-0.05, 0) is 12.1 Å². The molecule has 0 aliphatic carbocycles. The fourth-order valence-corrected chi connectivity index (χ4v) is 0.884. The predicted molar refractivity (Wildman–Crippen MR) is 53.6 cm³/mol. The molecule has 0 amide bonds. The Balaban J connectivity index is 0.000000325. The minimum absolute atomic E-state index is 0.286. The molecule has 0 radical (unpaired) electrons. The third-order valence-electron chi connectivity index (χ3n) is 1.02. The Morgan fingerprint density at radius 3 is 1.71 bits per heavy atom. The molecule has 1 rings (SSSR count). The number of benzene rings is 1. The third-order valence-corrected chi connectivity index (χ3v) is 1.57. The van der Waals surface area contributed by atoms with Crippen molar-refractivity contribution in [3.8, 4) is 0 Å². The molecule has 0 N–H and O–H groups in total. The predicted octanol–water partition coefficient (Wildman–Crippen LogP) is 5.62. The first kappa shape index (κ1) is 16.6. The van der Waals surface area contributed by atoms with E-state index in [4.69, 9.17) is 28.6 Å². The Hall–Kier alpha value is -0.382. The Kier molecular flexibility index (Phi) is 4.28. The summed E-state index contributed by atoms with van der Waals surface area (Å²) in [6, 6.07) is 4.67. The molecule has 0 saturated heterocycles. The van der Waals surface area contributed by atoms with Crippen LogP contribution in [0.1, 0.15) is 0 Å². The van der Waals surface area contributed by atoms with E-state index in [1.165, 1.54) is 6.07 Å². The van der Waals surface area contributed by atoms with E-state index >= 15 is 0 Å². The van der Waals surface area contributed by atoms with E-state index in [1.807, 2.05) is 0 Å². The van der Waals surface area contributed by atoms with Crippen molar-refractivity contribution < 1.29 is 16.9 Å². The number of hydrogen-bond donors (Lipinski definition) is 0. The number of halogens is 8. The van der Waals surface area contributed by atoms with Gasteiger partial charge in [0.05, 0.1) is 6.07 Å². The van der Waals surface area contributed by atoms with Crippen LogP contribution in [0.5, 0.6) is 0 Å². The monoisotopic (exact) mass is 408 g/mol. The Morgan fingerprint density at radius 1 is 1.00 bits per heavy atom. The summed E-state index contributed by atoms with van der Waals surface area (Å²) in [6.45, 7) is 0. The molecule has 0 spiro atoms. The van der Waals surface area contributed by atoms with E-state index in [-0.39, 0.29) is 5.69 Å². The average Bonchev–Trinajstić information content (AvgIpc) is 2.03. The van der Waals surface area contributed by atoms with Crippen LogP contribution in [0.2, 0.25) is 10.0 Å². The van der Waals surface area contributed by atoms with Crippen LogP contribution in [0, 0.1) is 5.39 Å². The van der Waals surface area contributed by atoms with Gasteiger partial charge < -0.3 is 0 Å². The summed E-state index contributed by atoms with van der Waals surface area (Å²) >= 11 is -0.100. The normalized spacial score (nSPS) is 14.8. The molecule has 0 heterocycles. The van der Waals surface area contributed by atoms with Crippen molar-refractivity contribution in [3.05, 3.63) is 33.2 Å². The number of hydrogen-bond acceptors (Lipinski definition) is 1. The van der Waals surface area contributed by atoms with Crippen molar-refractivity contribution in [1.82, 2.24) is 0 Å². The topological polar surface area (TPSA) is 28.1 Å². The Bertz CT molecular complexity index is 453. The van der Waals surface area contributed by atoms with Gasteiger partial charge in [-0.2, -0.15) is 0 Å². The van der Waals surface area contributed by atoms with Gasteiger partial charge in [0, 0.05) is 5.02 Å². The van der Waals surface area contributed by atoms with Crippen molar-refractivity contribution in [2.24, 2.45) is 0 Å². The first-order chi connectivity index (χ1) is 7.19. The molecule has 0 atom stereocenters. The molecule has 0 aliphatic rings. The van der Waals surface area contributed by atoms with E-state index in [2.05, 4.69) is 4.98 Å². The molecule has 98 valence electrons. The van der Waals surface area contributed by atoms with Crippen molar-refractivity contribution in [1.29, 1.82) is 5.39 Å². The van der Waals surface area contributed by atoms with Gasteiger partial charge in [0.25, 0.3) is 0 Å². The third kappa shape index (κ3) is 13.6. The average molecular weight is 410 g/mol. The zero-order valence-corrected chi connectivity index (χ0v) is 11.7. The fourth-order valence-electron chi connectivity index (χ4n) is 0.562. The van der Waals surface area contributed by atoms with Gasteiger partial charge in [-0.1, -0.05) is 23.2 Å². The summed E-state index contributed by atoms with van der Waals surface area (Å²) in [7, 11) is 0. The van der Waals surface area contributed by atoms with Crippen LogP contribution in [-0.2, 0) is 0 Å². The molecule has 0 aliphatic heterocycles. The van der Waals surface area contributed by atoms with Crippen molar-refractivity contribution in [3.63, 3.8) is 0 Å². The van der Waals surface area contributed by atoms with E-state index in [9.17, 15) is 16.9 Å². The van der Waals surface area contributed by atoms with Gasteiger partial charge in [-0.15, -0.1) is 0 Å². The van der Waals surface area contributed by atoms with Crippen LogP contribution >= 0.6 is 23.2 Å². The second-order valence-corrected chi connectivity index (χ2v) is 8.97. The van der Waals surface area contributed by atoms with Crippen LogP contribution in [0.15, 0.2) is 18.2 Å². The van der Waals surface area contributed by atoms with Gasteiger partial charge >= 0.3 is 42.0 Å². The van der Waals surface area contributed by atoms with Gasteiger partial charge in [-0.3, -0.25) is 0 Å². The van der Waals surface area contributed by atoms with Crippen LogP contribution in [0.25, 0.3) is 4.98 Å². The molecule has 0 fully saturated rings. The van der Waals surface area contributed by atoms with Gasteiger partial charge in [0.15, 0.2) is 4.98 Å². The summed E-state index contributed by atoms with van der Waals surface area (Å²) in [5.74, 6) is 0. The molecule has 0 unspecified atom stereocenters. The first-order valence-electron chi connectivity index (χ1n) is 3.55. The summed E-state index contributed by atoms with van der Waals surface area (Å²) in [5, 5.41) is 9.20. The van der Waals surface area contributed by atoms with Crippen LogP contribution in [0.3, 0.4) is 0 Å². The van der Waals surface area contributed by atoms with Gasteiger partial charge in [0.2, 0.25) is 5.39 Å². The number of diazo groups is 1. The summed E-state index contributed by atoms with van der Waals surface area (Å²) in [5.41, 5.74) is 0.286. The number of nitrogens with zero attached hydrogens (tertiary/aromatic N) is 2. The zero-order valence-electron chi connectivity index (χ0n) is 7.60. The van der Waals surface area contributed by atoms with Crippen molar-refractivity contribution >= 4 is 48.4 Å². The maximum atomic E-state index is 9.93.